The molecular formula is C24H21N5O2S. The van der Waals surface area contributed by atoms with Crippen molar-refractivity contribution in [2.75, 3.05) is 23.3 Å². The highest BCUT2D eigenvalue weighted by molar-refractivity contribution is 7.98. The Morgan fingerprint density at radius 3 is 2.53 bits per heavy atom. The van der Waals surface area contributed by atoms with E-state index in [9.17, 15) is 9.59 Å². The Balaban J connectivity index is 1.18. The first-order valence-electron chi connectivity index (χ1n) is 10.3. The summed E-state index contributed by atoms with van der Waals surface area (Å²) in [5.41, 5.74) is 5.18. The highest BCUT2D eigenvalue weighted by Crippen LogP contribution is 2.24. The second kappa shape index (κ2) is 8.76. The van der Waals surface area contributed by atoms with Gasteiger partial charge in [0.15, 0.2) is 5.16 Å². The Labute approximate surface area is 189 Å². The van der Waals surface area contributed by atoms with Gasteiger partial charge in [0.25, 0.3) is 5.91 Å². The lowest BCUT2D eigenvalue weighted by Crippen LogP contribution is -2.27. The van der Waals surface area contributed by atoms with Crippen LogP contribution in [0.15, 0.2) is 78.0 Å². The number of hydrogen-bond acceptors (Lipinski definition) is 4. The molecule has 1 saturated heterocycles. The Bertz CT molecular complexity index is 1230. The predicted octanol–water partition coefficient (Wildman–Crippen LogP) is 4.64. The SMILES string of the molecule is O=C(Nc1ccc(N2CCNC2=O)cc1)c1ccc(CSc2nc3ccccc3[nH]2)cc1. The number of carbonyl (C=O) groups is 2. The number of nitrogens with one attached hydrogen (secondary N) is 3. The number of carbonyl (C=O) groups excluding carboxylic acids is 2. The van der Waals surface area contributed by atoms with Gasteiger partial charge in [-0.05, 0) is 54.1 Å². The second-order valence-corrected chi connectivity index (χ2v) is 8.39. The molecule has 0 aliphatic carbocycles. The monoisotopic (exact) mass is 443 g/mol. The third kappa shape index (κ3) is 4.31. The van der Waals surface area contributed by atoms with E-state index in [1.165, 1.54) is 0 Å². The van der Waals surface area contributed by atoms with Gasteiger partial charge in [-0.25, -0.2) is 9.78 Å². The number of rotatable bonds is 6. The second-order valence-electron chi connectivity index (χ2n) is 7.43. The van der Waals surface area contributed by atoms with Crippen molar-refractivity contribution in [3.63, 3.8) is 0 Å². The van der Waals surface area contributed by atoms with E-state index in [4.69, 9.17) is 0 Å². The Morgan fingerprint density at radius 2 is 1.81 bits per heavy atom. The van der Waals surface area contributed by atoms with Crippen LogP contribution in [0.25, 0.3) is 11.0 Å². The first-order chi connectivity index (χ1) is 15.7. The summed E-state index contributed by atoms with van der Waals surface area (Å²) >= 11 is 1.63. The van der Waals surface area contributed by atoms with Crippen molar-refractivity contribution in [3.05, 3.63) is 83.9 Å². The molecule has 3 N–H and O–H groups in total. The predicted molar refractivity (Wildman–Crippen MR) is 127 cm³/mol. The van der Waals surface area contributed by atoms with Gasteiger partial charge in [0.05, 0.1) is 11.0 Å². The van der Waals surface area contributed by atoms with Crippen LogP contribution in [-0.4, -0.2) is 35.0 Å². The number of hydrogen-bond donors (Lipinski definition) is 3. The van der Waals surface area contributed by atoms with Gasteiger partial charge in [0.1, 0.15) is 0 Å². The topological polar surface area (TPSA) is 90.1 Å². The zero-order chi connectivity index (χ0) is 21.9. The largest absolute Gasteiger partial charge is 0.336 e. The molecule has 4 aromatic rings. The van der Waals surface area contributed by atoms with Crippen molar-refractivity contribution in [2.45, 2.75) is 10.9 Å². The van der Waals surface area contributed by atoms with Gasteiger partial charge in [-0.2, -0.15) is 0 Å². The molecule has 0 saturated carbocycles. The summed E-state index contributed by atoms with van der Waals surface area (Å²) in [7, 11) is 0. The van der Waals surface area contributed by atoms with Crippen LogP contribution in [0.1, 0.15) is 15.9 Å². The number of H-pyrrole nitrogens is 1. The molecule has 0 radical (unpaired) electrons. The van der Waals surface area contributed by atoms with E-state index >= 15 is 0 Å². The van der Waals surface area contributed by atoms with Crippen LogP contribution >= 0.6 is 11.8 Å². The number of imidazole rings is 1. The molecule has 0 bridgehead atoms. The molecular weight excluding hydrogens is 422 g/mol. The molecule has 3 aromatic carbocycles. The number of aromatic amines is 1. The molecule has 8 heteroatoms. The number of benzene rings is 3. The minimum absolute atomic E-state index is 0.0969. The number of amides is 3. The molecule has 32 heavy (non-hydrogen) atoms. The van der Waals surface area contributed by atoms with E-state index in [-0.39, 0.29) is 11.9 Å². The van der Waals surface area contributed by atoms with Gasteiger partial charge < -0.3 is 15.6 Å². The van der Waals surface area contributed by atoms with Gasteiger partial charge in [0, 0.05) is 35.8 Å². The molecule has 5 rings (SSSR count). The minimum atomic E-state index is -0.173. The lowest BCUT2D eigenvalue weighted by Gasteiger charge is -2.14. The summed E-state index contributed by atoms with van der Waals surface area (Å²) in [5, 5.41) is 6.55. The van der Waals surface area contributed by atoms with Crippen LogP contribution in [0.2, 0.25) is 0 Å². The van der Waals surface area contributed by atoms with Gasteiger partial charge >= 0.3 is 6.03 Å². The van der Waals surface area contributed by atoms with Crippen molar-refractivity contribution in [1.82, 2.24) is 15.3 Å². The van der Waals surface area contributed by atoms with E-state index in [1.54, 1.807) is 28.8 Å². The molecule has 1 fully saturated rings. The number of aromatic nitrogens is 2. The third-order valence-corrected chi connectivity index (χ3v) is 6.20. The molecule has 0 unspecified atom stereocenters. The van der Waals surface area contributed by atoms with E-state index in [2.05, 4.69) is 20.6 Å². The van der Waals surface area contributed by atoms with E-state index < -0.39 is 0 Å². The average molecular weight is 444 g/mol. The van der Waals surface area contributed by atoms with E-state index in [1.807, 2.05) is 60.7 Å². The summed E-state index contributed by atoms with van der Waals surface area (Å²) in [5.74, 6) is 0.584. The maximum absolute atomic E-state index is 12.6. The average Bonchev–Trinajstić information content (AvgIpc) is 3.44. The highest BCUT2D eigenvalue weighted by Gasteiger charge is 2.20. The molecule has 0 atom stereocenters. The smallest absolute Gasteiger partial charge is 0.321 e. The van der Waals surface area contributed by atoms with Crippen molar-refractivity contribution in [1.29, 1.82) is 0 Å². The summed E-state index contributed by atoms with van der Waals surface area (Å²) in [4.78, 5) is 33.9. The molecule has 2 heterocycles. The quantitative estimate of drug-likeness (QED) is 0.379. The van der Waals surface area contributed by atoms with Crippen molar-refractivity contribution in [2.24, 2.45) is 0 Å². The van der Waals surface area contributed by atoms with E-state index in [0.717, 1.165) is 33.2 Å². The summed E-state index contributed by atoms with van der Waals surface area (Å²) < 4.78 is 0. The van der Waals surface area contributed by atoms with Crippen LogP contribution in [0.4, 0.5) is 16.2 Å². The number of urea groups is 1. The van der Waals surface area contributed by atoms with Crippen LogP contribution in [-0.2, 0) is 5.75 Å². The maximum atomic E-state index is 12.6. The fraction of sp³-hybridized carbons (Fsp3) is 0.125. The van der Waals surface area contributed by atoms with E-state index in [0.29, 0.717) is 24.3 Å². The first-order valence-corrected chi connectivity index (χ1v) is 11.3. The van der Waals surface area contributed by atoms with Crippen molar-refractivity contribution >= 4 is 46.1 Å². The first kappa shape index (κ1) is 20.1. The van der Waals surface area contributed by atoms with Crippen LogP contribution in [0.3, 0.4) is 0 Å². The van der Waals surface area contributed by atoms with Crippen LogP contribution in [0, 0.1) is 0 Å². The third-order valence-electron chi connectivity index (χ3n) is 5.25. The Hall–Kier alpha value is -3.78. The number of anilines is 2. The molecule has 1 aliphatic heterocycles. The highest BCUT2D eigenvalue weighted by atomic mass is 32.2. The molecule has 1 aromatic heterocycles. The molecule has 1 aliphatic rings. The number of thioether (sulfide) groups is 1. The molecule has 3 amide bonds. The molecule has 0 spiro atoms. The number of fused-ring (bicyclic) bond motifs is 1. The van der Waals surface area contributed by atoms with Crippen molar-refractivity contribution in [3.8, 4) is 0 Å². The zero-order valence-electron chi connectivity index (χ0n) is 17.2. The molecule has 160 valence electrons. The summed E-state index contributed by atoms with van der Waals surface area (Å²) in [6.07, 6.45) is 0. The standard InChI is InChI=1S/C24H21N5O2S/c30-22(26-18-9-11-19(12-10-18)29-14-13-25-24(29)31)17-7-5-16(6-8-17)15-32-23-27-20-3-1-2-4-21(20)28-23/h1-12H,13-15H2,(H,25,31)(H,26,30)(H,27,28). The minimum Gasteiger partial charge on any atom is -0.336 e. The summed E-state index contributed by atoms with van der Waals surface area (Å²) in [6.45, 7) is 1.29. The van der Waals surface area contributed by atoms with Gasteiger partial charge in [-0.15, -0.1) is 0 Å². The molecule has 7 nitrogen and oxygen atoms in total. The normalized spacial score (nSPS) is 13.4. The summed E-state index contributed by atoms with van der Waals surface area (Å²) in [6, 6.07) is 22.7. The van der Waals surface area contributed by atoms with Gasteiger partial charge in [-0.3, -0.25) is 9.69 Å². The lowest BCUT2D eigenvalue weighted by molar-refractivity contribution is 0.102. The Morgan fingerprint density at radius 1 is 1.03 bits per heavy atom. The van der Waals surface area contributed by atoms with Crippen LogP contribution < -0.4 is 15.5 Å². The van der Waals surface area contributed by atoms with Crippen molar-refractivity contribution < 1.29 is 9.59 Å². The van der Waals surface area contributed by atoms with Gasteiger partial charge in [-0.1, -0.05) is 36.0 Å². The number of nitrogens with zero attached hydrogens (tertiary/aromatic N) is 2. The zero-order valence-corrected chi connectivity index (χ0v) is 18.0. The lowest BCUT2D eigenvalue weighted by atomic mass is 10.1. The fourth-order valence-electron chi connectivity index (χ4n) is 3.55. The maximum Gasteiger partial charge on any atom is 0.321 e. The fourth-order valence-corrected chi connectivity index (χ4v) is 4.39. The van der Waals surface area contributed by atoms with Crippen LogP contribution in [0.5, 0.6) is 0 Å². The van der Waals surface area contributed by atoms with Gasteiger partial charge in [0.2, 0.25) is 0 Å². The number of para-hydroxylation sites is 2. The Kier molecular flexibility index (Phi) is 5.51.